The molecule has 0 aliphatic carbocycles. The fraction of sp³-hybridized carbons (Fsp3) is 0.333. The van der Waals surface area contributed by atoms with E-state index < -0.39 is 6.10 Å². The van der Waals surface area contributed by atoms with Gasteiger partial charge in [-0.05, 0) is 19.1 Å². The third-order valence-electron chi connectivity index (χ3n) is 3.01. The Balaban J connectivity index is 1.79. The standard InChI is InChI=1S/C12H14N6O2/c1-9(19)10-8-16(15-13-10)6-7-18-12(20)17-5-3-2-4-11(17)14-18/h2-5,8-9,19H,6-7H2,1H3. The molecule has 1 unspecified atom stereocenters. The number of pyridine rings is 1. The van der Waals surface area contributed by atoms with Gasteiger partial charge in [-0.2, -0.15) is 0 Å². The highest BCUT2D eigenvalue weighted by atomic mass is 16.3. The van der Waals surface area contributed by atoms with Gasteiger partial charge in [-0.25, -0.2) is 9.48 Å². The number of aromatic nitrogens is 6. The van der Waals surface area contributed by atoms with Crippen LogP contribution in [0.5, 0.6) is 0 Å². The second-order valence-electron chi connectivity index (χ2n) is 4.52. The maximum atomic E-state index is 12.0. The summed E-state index contributed by atoms with van der Waals surface area (Å²) in [5.74, 6) is 0. The Hall–Kier alpha value is -2.48. The maximum Gasteiger partial charge on any atom is 0.350 e. The lowest BCUT2D eigenvalue weighted by molar-refractivity contribution is 0.194. The van der Waals surface area contributed by atoms with Gasteiger partial charge in [-0.3, -0.25) is 9.08 Å². The van der Waals surface area contributed by atoms with Crippen LogP contribution in [0.4, 0.5) is 0 Å². The fourth-order valence-corrected chi connectivity index (χ4v) is 1.93. The van der Waals surface area contributed by atoms with Gasteiger partial charge in [0.2, 0.25) is 0 Å². The second-order valence-corrected chi connectivity index (χ2v) is 4.52. The molecule has 0 radical (unpaired) electrons. The van der Waals surface area contributed by atoms with E-state index in [0.29, 0.717) is 24.4 Å². The predicted molar refractivity (Wildman–Crippen MR) is 70.1 cm³/mol. The van der Waals surface area contributed by atoms with Gasteiger partial charge in [0.1, 0.15) is 5.69 Å². The Morgan fingerprint density at radius 2 is 2.20 bits per heavy atom. The average molecular weight is 274 g/mol. The van der Waals surface area contributed by atoms with Crippen molar-refractivity contribution in [1.29, 1.82) is 0 Å². The molecule has 3 aromatic heterocycles. The summed E-state index contributed by atoms with van der Waals surface area (Å²) in [4.78, 5) is 12.0. The first kappa shape index (κ1) is 12.5. The van der Waals surface area contributed by atoms with Crippen LogP contribution in [0.1, 0.15) is 18.7 Å². The molecule has 0 aromatic carbocycles. The lowest BCUT2D eigenvalue weighted by atomic mass is 10.3. The van der Waals surface area contributed by atoms with Gasteiger partial charge < -0.3 is 5.11 Å². The molecule has 0 fully saturated rings. The van der Waals surface area contributed by atoms with Gasteiger partial charge in [0.25, 0.3) is 0 Å². The van der Waals surface area contributed by atoms with Crippen LogP contribution >= 0.6 is 0 Å². The summed E-state index contributed by atoms with van der Waals surface area (Å²) in [5.41, 5.74) is 0.935. The van der Waals surface area contributed by atoms with E-state index in [2.05, 4.69) is 15.4 Å². The molecule has 8 heteroatoms. The molecule has 0 bridgehead atoms. The molecule has 3 heterocycles. The maximum absolute atomic E-state index is 12.0. The lowest BCUT2D eigenvalue weighted by Gasteiger charge is -1.99. The van der Waals surface area contributed by atoms with Crippen molar-refractivity contribution >= 4 is 5.65 Å². The van der Waals surface area contributed by atoms with Crippen LogP contribution in [0.3, 0.4) is 0 Å². The van der Waals surface area contributed by atoms with Crippen molar-refractivity contribution in [2.24, 2.45) is 0 Å². The largest absolute Gasteiger partial charge is 0.387 e. The first-order chi connectivity index (χ1) is 9.65. The van der Waals surface area contributed by atoms with Crippen molar-refractivity contribution in [3.05, 3.63) is 46.8 Å². The minimum absolute atomic E-state index is 0.184. The third-order valence-corrected chi connectivity index (χ3v) is 3.01. The molecule has 20 heavy (non-hydrogen) atoms. The summed E-state index contributed by atoms with van der Waals surface area (Å²) in [6, 6.07) is 5.39. The minimum Gasteiger partial charge on any atom is -0.387 e. The van der Waals surface area contributed by atoms with Gasteiger partial charge in [0.15, 0.2) is 5.65 Å². The van der Waals surface area contributed by atoms with Crippen molar-refractivity contribution in [2.75, 3.05) is 0 Å². The van der Waals surface area contributed by atoms with Gasteiger partial charge in [-0.1, -0.05) is 11.3 Å². The number of fused-ring (bicyclic) bond motifs is 1. The number of hydrogen-bond donors (Lipinski definition) is 1. The zero-order valence-electron chi connectivity index (χ0n) is 10.9. The number of aliphatic hydroxyl groups is 1. The van der Waals surface area contributed by atoms with Gasteiger partial charge in [-0.15, -0.1) is 10.2 Å². The van der Waals surface area contributed by atoms with Crippen LogP contribution in [0.25, 0.3) is 5.65 Å². The highest BCUT2D eigenvalue weighted by molar-refractivity contribution is 5.35. The van der Waals surface area contributed by atoms with E-state index in [1.54, 1.807) is 36.1 Å². The molecular weight excluding hydrogens is 260 g/mol. The quantitative estimate of drug-likeness (QED) is 0.714. The number of rotatable bonds is 4. The average Bonchev–Trinajstić information content (AvgIpc) is 3.03. The van der Waals surface area contributed by atoms with Crippen LogP contribution in [-0.2, 0) is 13.1 Å². The van der Waals surface area contributed by atoms with Crippen LogP contribution < -0.4 is 5.69 Å². The van der Waals surface area contributed by atoms with E-state index in [0.717, 1.165) is 0 Å². The summed E-state index contributed by atoms with van der Waals surface area (Å²) in [7, 11) is 0. The summed E-state index contributed by atoms with van der Waals surface area (Å²) in [6.07, 6.45) is 2.69. The zero-order valence-corrected chi connectivity index (χ0v) is 10.9. The van der Waals surface area contributed by atoms with Gasteiger partial charge in [0.05, 0.1) is 25.4 Å². The number of aryl methyl sites for hydroxylation is 2. The van der Waals surface area contributed by atoms with Crippen LogP contribution in [0.15, 0.2) is 35.4 Å². The molecule has 0 aliphatic heterocycles. The smallest absolute Gasteiger partial charge is 0.350 e. The number of nitrogens with zero attached hydrogens (tertiary/aromatic N) is 6. The van der Waals surface area contributed by atoms with Gasteiger partial charge in [0, 0.05) is 6.20 Å². The Labute approximate surface area is 113 Å². The molecule has 1 atom stereocenters. The first-order valence-corrected chi connectivity index (χ1v) is 6.27. The highest BCUT2D eigenvalue weighted by Crippen LogP contribution is 2.06. The minimum atomic E-state index is -0.651. The highest BCUT2D eigenvalue weighted by Gasteiger charge is 2.08. The SMILES string of the molecule is CC(O)c1cn(CCn2nc3ccccn3c2=O)nn1. The molecule has 0 spiro atoms. The van der Waals surface area contributed by atoms with E-state index >= 15 is 0 Å². The monoisotopic (exact) mass is 274 g/mol. The first-order valence-electron chi connectivity index (χ1n) is 6.27. The molecule has 3 rings (SSSR count). The van der Waals surface area contributed by atoms with Crippen molar-refractivity contribution in [2.45, 2.75) is 26.1 Å². The molecule has 0 amide bonds. The zero-order chi connectivity index (χ0) is 14.1. The molecule has 104 valence electrons. The van der Waals surface area contributed by atoms with Crippen molar-refractivity contribution in [3.8, 4) is 0 Å². The molecule has 3 aromatic rings. The van der Waals surface area contributed by atoms with Crippen molar-refractivity contribution < 1.29 is 5.11 Å². The van der Waals surface area contributed by atoms with E-state index in [9.17, 15) is 9.90 Å². The second kappa shape index (κ2) is 4.89. The van der Waals surface area contributed by atoms with E-state index in [1.165, 1.54) is 9.08 Å². The molecule has 0 saturated carbocycles. The topological polar surface area (TPSA) is 90.2 Å². The Bertz CT molecular complexity index is 784. The third kappa shape index (κ3) is 2.21. The normalized spacial score (nSPS) is 12.9. The molecule has 8 nitrogen and oxygen atoms in total. The Morgan fingerprint density at radius 3 is 2.90 bits per heavy atom. The van der Waals surface area contributed by atoms with Gasteiger partial charge >= 0.3 is 5.69 Å². The van der Waals surface area contributed by atoms with E-state index in [-0.39, 0.29) is 5.69 Å². The molecular formula is C12H14N6O2. The van der Waals surface area contributed by atoms with E-state index in [1.807, 2.05) is 6.07 Å². The van der Waals surface area contributed by atoms with Crippen molar-refractivity contribution in [3.63, 3.8) is 0 Å². The Kier molecular flexibility index (Phi) is 3.07. The van der Waals surface area contributed by atoms with Crippen LogP contribution in [0, 0.1) is 0 Å². The van der Waals surface area contributed by atoms with Crippen LogP contribution in [-0.4, -0.2) is 34.3 Å². The molecule has 0 saturated heterocycles. The Morgan fingerprint density at radius 1 is 1.35 bits per heavy atom. The van der Waals surface area contributed by atoms with E-state index in [4.69, 9.17) is 0 Å². The summed E-state index contributed by atoms with van der Waals surface area (Å²) < 4.78 is 4.46. The molecule has 0 aliphatic rings. The summed E-state index contributed by atoms with van der Waals surface area (Å²) in [6.45, 7) is 2.48. The number of aliphatic hydroxyl groups excluding tert-OH is 1. The fourth-order valence-electron chi connectivity index (χ4n) is 1.93. The predicted octanol–water partition coefficient (Wildman–Crippen LogP) is -0.159. The molecule has 1 N–H and O–H groups in total. The summed E-state index contributed by atoms with van der Waals surface area (Å²) in [5, 5.41) is 21.3. The van der Waals surface area contributed by atoms with Crippen LogP contribution in [0.2, 0.25) is 0 Å². The summed E-state index contributed by atoms with van der Waals surface area (Å²) >= 11 is 0. The lowest BCUT2D eigenvalue weighted by Crippen LogP contribution is -2.23. The van der Waals surface area contributed by atoms with Crippen molar-refractivity contribution in [1.82, 2.24) is 29.2 Å². The number of hydrogen-bond acceptors (Lipinski definition) is 5.